The second-order valence-corrected chi connectivity index (χ2v) is 13.5. The standard InChI is InChI=1S/C33H40F2N6O2/c1-2-19-5-3-6-20-11-24(42)12-25(27(19)20)29-28(35)30-26(14-36-29)31(40-16-22-7-8-23(17-40)37-22)39-32(38-30)43-18-33-9-4-10-41(33)15-21(34)13-33/h11-12,14,19,21-23,37,42H,2-10,13,15-18H2,1H3/t19?,21-,22-,23+,33+/m1/s1. The Kier molecular flexibility index (Phi) is 6.71. The molecule has 2 N–H and O–H groups in total. The molecular formula is C33H40F2N6O2. The number of aromatic nitrogens is 3. The van der Waals surface area contributed by atoms with E-state index in [4.69, 9.17) is 14.7 Å². The lowest BCUT2D eigenvalue weighted by atomic mass is 9.78. The second-order valence-electron chi connectivity index (χ2n) is 13.5. The Morgan fingerprint density at radius 3 is 2.77 bits per heavy atom. The molecule has 5 aliphatic rings. The van der Waals surface area contributed by atoms with Crippen LogP contribution in [-0.4, -0.2) is 81.5 Å². The first-order chi connectivity index (χ1) is 20.9. The van der Waals surface area contributed by atoms with E-state index in [1.54, 1.807) is 12.3 Å². The normalized spacial score (nSPS) is 30.2. The minimum Gasteiger partial charge on any atom is -0.508 e. The van der Waals surface area contributed by atoms with Gasteiger partial charge < -0.3 is 20.1 Å². The van der Waals surface area contributed by atoms with Crippen molar-refractivity contribution < 1.29 is 18.6 Å². The van der Waals surface area contributed by atoms with Crippen molar-refractivity contribution in [2.45, 2.75) is 94.4 Å². The van der Waals surface area contributed by atoms with E-state index in [1.807, 2.05) is 6.07 Å². The number of ether oxygens (including phenoxy) is 1. The van der Waals surface area contributed by atoms with Crippen LogP contribution in [0.4, 0.5) is 14.6 Å². The molecule has 2 aromatic heterocycles. The number of piperazine rings is 1. The molecule has 5 atom stereocenters. The number of phenolic OH excluding ortho intramolecular Hbond substituents is 1. The third-order valence-corrected chi connectivity index (χ3v) is 10.8. The van der Waals surface area contributed by atoms with Gasteiger partial charge in [0.25, 0.3) is 0 Å². The lowest BCUT2D eigenvalue weighted by Crippen LogP contribution is -2.51. The van der Waals surface area contributed by atoms with Gasteiger partial charge in [-0.15, -0.1) is 0 Å². The highest BCUT2D eigenvalue weighted by Crippen LogP contribution is 2.44. The quantitative estimate of drug-likeness (QED) is 0.402. The number of hydrogen-bond donors (Lipinski definition) is 2. The number of benzene rings is 1. The van der Waals surface area contributed by atoms with Crippen LogP contribution in [0.2, 0.25) is 0 Å². The molecule has 43 heavy (non-hydrogen) atoms. The lowest BCUT2D eigenvalue weighted by molar-refractivity contribution is 0.107. The molecule has 4 aliphatic heterocycles. The van der Waals surface area contributed by atoms with E-state index in [1.165, 1.54) is 0 Å². The first-order valence-electron chi connectivity index (χ1n) is 16.2. The molecule has 8 rings (SSSR count). The molecule has 2 bridgehead atoms. The Balaban J connectivity index is 1.24. The molecule has 1 unspecified atom stereocenters. The number of aryl methyl sites for hydroxylation is 1. The summed E-state index contributed by atoms with van der Waals surface area (Å²) in [6, 6.07) is 4.32. The van der Waals surface area contributed by atoms with Crippen molar-refractivity contribution in [1.29, 1.82) is 0 Å². The van der Waals surface area contributed by atoms with Gasteiger partial charge in [0.2, 0.25) is 0 Å². The number of aromatic hydroxyl groups is 1. The third-order valence-electron chi connectivity index (χ3n) is 10.8. The van der Waals surface area contributed by atoms with Crippen molar-refractivity contribution in [3.8, 4) is 23.0 Å². The van der Waals surface area contributed by atoms with Crippen LogP contribution in [-0.2, 0) is 6.42 Å². The summed E-state index contributed by atoms with van der Waals surface area (Å²) in [5, 5.41) is 14.9. The minimum absolute atomic E-state index is 0.123. The van der Waals surface area contributed by atoms with Gasteiger partial charge in [-0.05, 0) is 87.1 Å². The smallest absolute Gasteiger partial charge is 0.319 e. The molecule has 8 nitrogen and oxygen atoms in total. The second kappa shape index (κ2) is 10.5. The number of nitrogens with zero attached hydrogens (tertiary/aromatic N) is 5. The Morgan fingerprint density at radius 1 is 1.12 bits per heavy atom. The summed E-state index contributed by atoms with van der Waals surface area (Å²) in [5.74, 6) is 0.518. The molecule has 0 radical (unpaired) electrons. The van der Waals surface area contributed by atoms with Gasteiger partial charge in [-0.2, -0.15) is 9.97 Å². The Hall–Kier alpha value is -3.11. The molecule has 6 heterocycles. The zero-order valence-electron chi connectivity index (χ0n) is 24.8. The maximum Gasteiger partial charge on any atom is 0.319 e. The number of halogens is 2. The average molecular weight is 591 g/mol. The zero-order valence-corrected chi connectivity index (χ0v) is 24.8. The average Bonchev–Trinajstić information content (AvgIpc) is 3.65. The molecule has 10 heteroatoms. The molecule has 4 fully saturated rings. The SMILES string of the molecule is CCC1CCCc2cc(O)cc(-c3ncc4c(N5C[C@H]6CC[C@@H](C5)N6)nc(OC[C@@]56CCCN5C[C@H](F)C6)nc4c3F)c21. The summed E-state index contributed by atoms with van der Waals surface area (Å²) in [5.41, 5.74) is 2.82. The van der Waals surface area contributed by atoms with Crippen LogP contribution in [0.25, 0.3) is 22.2 Å². The highest BCUT2D eigenvalue weighted by molar-refractivity contribution is 5.92. The topological polar surface area (TPSA) is 86.6 Å². The number of rotatable bonds is 6. The summed E-state index contributed by atoms with van der Waals surface area (Å²) >= 11 is 0. The van der Waals surface area contributed by atoms with Crippen LogP contribution < -0.4 is 15.0 Å². The summed E-state index contributed by atoms with van der Waals surface area (Å²) in [4.78, 5) is 18.7. The monoisotopic (exact) mass is 590 g/mol. The fraction of sp³-hybridized carbons (Fsp3) is 0.606. The molecule has 3 aromatic rings. The Morgan fingerprint density at radius 2 is 1.95 bits per heavy atom. The van der Waals surface area contributed by atoms with Crippen LogP contribution in [0, 0.1) is 5.82 Å². The Labute approximate surface area is 250 Å². The van der Waals surface area contributed by atoms with E-state index in [0.717, 1.165) is 82.1 Å². The van der Waals surface area contributed by atoms with E-state index in [0.29, 0.717) is 41.8 Å². The van der Waals surface area contributed by atoms with Crippen LogP contribution in [0.15, 0.2) is 18.3 Å². The molecule has 4 saturated heterocycles. The van der Waals surface area contributed by atoms with Crippen LogP contribution >= 0.6 is 0 Å². The summed E-state index contributed by atoms with van der Waals surface area (Å²) in [6.07, 6.45) is 9.25. The summed E-state index contributed by atoms with van der Waals surface area (Å²) < 4.78 is 37.6. The fourth-order valence-corrected chi connectivity index (χ4v) is 8.81. The van der Waals surface area contributed by atoms with Crippen molar-refractivity contribution >= 4 is 16.7 Å². The van der Waals surface area contributed by atoms with Crippen LogP contribution in [0.1, 0.15) is 75.3 Å². The maximum absolute atomic E-state index is 16.8. The van der Waals surface area contributed by atoms with Gasteiger partial charge in [-0.3, -0.25) is 9.88 Å². The molecule has 0 spiro atoms. The van der Waals surface area contributed by atoms with Gasteiger partial charge in [0.05, 0.1) is 10.9 Å². The van der Waals surface area contributed by atoms with Gasteiger partial charge in [0.1, 0.15) is 35.6 Å². The predicted octanol–water partition coefficient (Wildman–Crippen LogP) is 5.26. The van der Waals surface area contributed by atoms with E-state index in [-0.39, 0.29) is 41.0 Å². The van der Waals surface area contributed by atoms with Gasteiger partial charge in [-0.1, -0.05) is 6.92 Å². The molecule has 0 saturated carbocycles. The number of nitrogens with one attached hydrogen (secondary N) is 1. The number of fused-ring (bicyclic) bond motifs is 5. The fourth-order valence-electron chi connectivity index (χ4n) is 8.81. The van der Waals surface area contributed by atoms with Crippen molar-refractivity contribution in [2.24, 2.45) is 0 Å². The first-order valence-corrected chi connectivity index (χ1v) is 16.2. The predicted molar refractivity (Wildman–Crippen MR) is 161 cm³/mol. The number of hydrogen-bond acceptors (Lipinski definition) is 8. The largest absolute Gasteiger partial charge is 0.508 e. The van der Waals surface area contributed by atoms with E-state index in [2.05, 4.69) is 27.0 Å². The van der Waals surface area contributed by atoms with Crippen LogP contribution in [0.5, 0.6) is 11.8 Å². The van der Waals surface area contributed by atoms with E-state index >= 15 is 4.39 Å². The summed E-state index contributed by atoms with van der Waals surface area (Å²) in [6.45, 7) is 5.28. The number of pyridine rings is 1. The first kappa shape index (κ1) is 27.4. The summed E-state index contributed by atoms with van der Waals surface area (Å²) in [7, 11) is 0. The zero-order chi connectivity index (χ0) is 29.3. The highest BCUT2D eigenvalue weighted by Gasteiger charge is 2.49. The highest BCUT2D eigenvalue weighted by atomic mass is 19.1. The molecular weight excluding hydrogens is 550 g/mol. The molecule has 1 aliphatic carbocycles. The molecule has 0 amide bonds. The Bertz CT molecular complexity index is 1560. The van der Waals surface area contributed by atoms with Crippen LogP contribution in [0.3, 0.4) is 0 Å². The van der Waals surface area contributed by atoms with E-state index < -0.39 is 12.0 Å². The third kappa shape index (κ3) is 4.63. The number of phenols is 1. The minimum atomic E-state index is -0.862. The van der Waals surface area contributed by atoms with Gasteiger partial charge in [0, 0.05) is 49.9 Å². The van der Waals surface area contributed by atoms with Crippen molar-refractivity contribution in [3.63, 3.8) is 0 Å². The maximum atomic E-state index is 16.8. The van der Waals surface area contributed by atoms with Crippen molar-refractivity contribution in [3.05, 3.63) is 35.3 Å². The van der Waals surface area contributed by atoms with Gasteiger partial charge in [0.15, 0.2) is 5.82 Å². The van der Waals surface area contributed by atoms with Gasteiger partial charge >= 0.3 is 6.01 Å². The molecule has 1 aromatic carbocycles. The van der Waals surface area contributed by atoms with E-state index in [9.17, 15) is 9.50 Å². The van der Waals surface area contributed by atoms with Crippen molar-refractivity contribution in [2.75, 3.05) is 37.7 Å². The molecule has 228 valence electrons. The van der Waals surface area contributed by atoms with Crippen molar-refractivity contribution in [1.82, 2.24) is 25.2 Å². The number of alkyl halides is 1. The van der Waals surface area contributed by atoms with Gasteiger partial charge in [-0.25, -0.2) is 8.78 Å². The number of anilines is 1. The lowest BCUT2D eigenvalue weighted by Gasteiger charge is -2.34.